The normalized spacial score (nSPS) is 13.5. The van der Waals surface area contributed by atoms with Crippen molar-refractivity contribution in [1.82, 2.24) is 10.3 Å². The molecule has 1 atom stereocenters. The number of pyridine rings is 1. The number of hydrogen-bond donors (Lipinski definition) is 1. The molecule has 0 saturated heterocycles. The van der Waals surface area contributed by atoms with Crippen LogP contribution in [-0.4, -0.2) is 23.7 Å². The summed E-state index contributed by atoms with van der Waals surface area (Å²) in [5, 5.41) is 3.25. The Hall–Kier alpha value is -1.10. The summed E-state index contributed by atoms with van der Waals surface area (Å²) in [7, 11) is 0. The van der Waals surface area contributed by atoms with E-state index in [0.717, 1.165) is 24.9 Å². The molecule has 0 amide bonds. The van der Waals surface area contributed by atoms with E-state index in [-0.39, 0.29) is 12.5 Å². The highest BCUT2D eigenvalue weighted by atomic mass is 19.4. The van der Waals surface area contributed by atoms with Gasteiger partial charge in [0.25, 0.3) is 0 Å². The molecule has 1 N–H and O–H groups in total. The van der Waals surface area contributed by atoms with Gasteiger partial charge in [0.1, 0.15) is 0 Å². The van der Waals surface area contributed by atoms with Crippen molar-refractivity contribution < 1.29 is 13.2 Å². The third-order valence-electron chi connectivity index (χ3n) is 3.01. The minimum absolute atomic E-state index is 0.146. The smallest absolute Gasteiger partial charge is 0.314 e. The molecule has 1 aromatic rings. The number of alkyl halides is 3. The molecule has 0 aliphatic rings. The molecule has 0 radical (unpaired) electrons. The standard InChI is InChI=1S/C14H21F3N2/c1-2-19-13(6-3-9-14(15,16)17)8-7-12-5-4-10-18-11-12/h4-5,10-11,13,19H,2-3,6-9H2,1H3. The zero-order valence-corrected chi connectivity index (χ0v) is 11.2. The lowest BCUT2D eigenvalue weighted by Crippen LogP contribution is -2.29. The Morgan fingerprint density at radius 3 is 2.68 bits per heavy atom. The molecule has 5 heteroatoms. The van der Waals surface area contributed by atoms with Gasteiger partial charge in [0.15, 0.2) is 0 Å². The van der Waals surface area contributed by atoms with E-state index < -0.39 is 12.6 Å². The van der Waals surface area contributed by atoms with Gasteiger partial charge in [-0.2, -0.15) is 13.2 Å². The largest absolute Gasteiger partial charge is 0.389 e. The van der Waals surface area contributed by atoms with Crippen molar-refractivity contribution in [2.24, 2.45) is 0 Å². The molecule has 1 rings (SSSR count). The van der Waals surface area contributed by atoms with Gasteiger partial charge in [-0.15, -0.1) is 0 Å². The molecule has 0 spiro atoms. The Labute approximate surface area is 112 Å². The first-order valence-corrected chi connectivity index (χ1v) is 6.70. The molecular formula is C14H21F3N2. The summed E-state index contributed by atoms with van der Waals surface area (Å²) in [6.07, 6.45) is 1.23. The van der Waals surface area contributed by atoms with Gasteiger partial charge in [0.2, 0.25) is 0 Å². The summed E-state index contributed by atoms with van der Waals surface area (Å²) < 4.78 is 36.3. The van der Waals surface area contributed by atoms with E-state index in [0.29, 0.717) is 6.42 Å². The van der Waals surface area contributed by atoms with Crippen LogP contribution < -0.4 is 5.32 Å². The van der Waals surface area contributed by atoms with Gasteiger partial charge in [-0.05, 0) is 43.9 Å². The Balaban J connectivity index is 2.32. The van der Waals surface area contributed by atoms with E-state index in [4.69, 9.17) is 0 Å². The number of halogens is 3. The highest BCUT2D eigenvalue weighted by Crippen LogP contribution is 2.23. The van der Waals surface area contributed by atoms with E-state index in [1.165, 1.54) is 0 Å². The van der Waals surface area contributed by atoms with Crippen molar-refractivity contribution >= 4 is 0 Å². The van der Waals surface area contributed by atoms with Crippen molar-refractivity contribution in [3.8, 4) is 0 Å². The molecular weight excluding hydrogens is 253 g/mol. The van der Waals surface area contributed by atoms with Crippen LogP contribution in [0.25, 0.3) is 0 Å². The maximum atomic E-state index is 12.1. The average molecular weight is 274 g/mol. The summed E-state index contributed by atoms with van der Waals surface area (Å²) in [5.41, 5.74) is 1.13. The number of nitrogens with zero attached hydrogens (tertiary/aromatic N) is 1. The number of nitrogens with one attached hydrogen (secondary N) is 1. The van der Waals surface area contributed by atoms with Crippen molar-refractivity contribution in [2.75, 3.05) is 6.54 Å². The molecule has 19 heavy (non-hydrogen) atoms. The maximum absolute atomic E-state index is 12.1. The first-order valence-electron chi connectivity index (χ1n) is 6.70. The molecule has 0 saturated carbocycles. The summed E-state index contributed by atoms with van der Waals surface area (Å²) >= 11 is 0. The molecule has 108 valence electrons. The number of aryl methyl sites for hydroxylation is 1. The van der Waals surface area contributed by atoms with E-state index >= 15 is 0 Å². The van der Waals surface area contributed by atoms with Crippen LogP contribution in [0.15, 0.2) is 24.5 Å². The number of rotatable bonds is 8. The lowest BCUT2D eigenvalue weighted by molar-refractivity contribution is -0.135. The second-order valence-corrected chi connectivity index (χ2v) is 4.66. The Morgan fingerprint density at radius 2 is 2.11 bits per heavy atom. The minimum atomic E-state index is -4.04. The number of hydrogen-bond acceptors (Lipinski definition) is 2. The maximum Gasteiger partial charge on any atom is 0.389 e. The minimum Gasteiger partial charge on any atom is -0.314 e. The molecule has 1 heterocycles. The zero-order valence-electron chi connectivity index (χ0n) is 11.2. The van der Waals surface area contributed by atoms with E-state index in [2.05, 4.69) is 10.3 Å². The van der Waals surface area contributed by atoms with Gasteiger partial charge >= 0.3 is 6.18 Å². The summed E-state index contributed by atoms with van der Waals surface area (Å²) in [5.74, 6) is 0. The predicted octanol–water partition coefficient (Wildman–Crippen LogP) is 3.72. The average Bonchev–Trinajstić information content (AvgIpc) is 2.36. The van der Waals surface area contributed by atoms with Crippen molar-refractivity contribution in [3.63, 3.8) is 0 Å². The molecule has 1 unspecified atom stereocenters. The molecule has 0 aliphatic carbocycles. The van der Waals surface area contributed by atoms with Crippen LogP contribution in [0.4, 0.5) is 13.2 Å². The van der Waals surface area contributed by atoms with Crippen LogP contribution in [0.3, 0.4) is 0 Å². The van der Waals surface area contributed by atoms with Crippen molar-refractivity contribution in [1.29, 1.82) is 0 Å². The molecule has 2 nitrogen and oxygen atoms in total. The van der Waals surface area contributed by atoms with Crippen LogP contribution in [0.5, 0.6) is 0 Å². The van der Waals surface area contributed by atoms with Gasteiger partial charge in [-0.1, -0.05) is 13.0 Å². The van der Waals surface area contributed by atoms with E-state index in [9.17, 15) is 13.2 Å². The lowest BCUT2D eigenvalue weighted by Gasteiger charge is -2.18. The fourth-order valence-corrected chi connectivity index (χ4v) is 2.07. The highest BCUT2D eigenvalue weighted by molar-refractivity contribution is 5.08. The van der Waals surface area contributed by atoms with Gasteiger partial charge in [-0.3, -0.25) is 4.98 Å². The van der Waals surface area contributed by atoms with Gasteiger partial charge in [0.05, 0.1) is 0 Å². The van der Waals surface area contributed by atoms with Gasteiger partial charge < -0.3 is 5.32 Å². The molecule has 0 aliphatic heterocycles. The monoisotopic (exact) mass is 274 g/mol. The molecule has 0 aromatic carbocycles. The lowest BCUT2D eigenvalue weighted by atomic mass is 10.0. The topological polar surface area (TPSA) is 24.9 Å². The van der Waals surface area contributed by atoms with Gasteiger partial charge in [-0.25, -0.2) is 0 Å². The first-order chi connectivity index (χ1) is 9.01. The van der Waals surface area contributed by atoms with Crippen LogP contribution >= 0.6 is 0 Å². The fourth-order valence-electron chi connectivity index (χ4n) is 2.07. The second kappa shape index (κ2) is 8.15. The third kappa shape index (κ3) is 7.82. The summed E-state index contributed by atoms with van der Waals surface area (Å²) in [4.78, 5) is 4.03. The quantitative estimate of drug-likeness (QED) is 0.781. The van der Waals surface area contributed by atoms with Crippen LogP contribution in [-0.2, 0) is 6.42 Å². The van der Waals surface area contributed by atoms with Gasteiger partial charge in [0, 0.05) is 24.9 Å². The van der Waals surface area contributed by atoms with Crippen molar-refractivity contribution in [3.05, 3.63) is 30.1 Å². The Bertz CT molecular complexity index is 338. The molecule has 0 bridgehead atoms. The SMILES string of the molecule is CCNC(CCCC(F)(F)F)CCc1cccnc1. The van der Waals surface area contributed by atoms with Crippen LogP contribution in [0, 0.1) is 0 Å². The van der Waals surface area contributed by atoms with Crippen molar-refractivity contribution in [2.45, 2.75) is 51.2 Å². The van der Waals surface area contributed by atoms with Crippen LogP contribution in [0.2, 0.25) is 0 Å². The zero-order chi connectivity index (χ0) is 14.1. The van der Waals surface area contributed by atoms with E-state index in [1.807, 2.05) is 19.1 Å². The summed E-state index contributed by atoms with van der Waals surface area (Å²) in [6.45, 7) is 2.75. The highest BCUT2D eigenvalue weighted by Gasteiger charge is 2.26. The second-order valence-electron chi connectivity index (χ2n) is 4.66. The third-order valence-corrected chi connectivity index (χ3v) is 3.01. The van der Waals surface area contributed by atoms with Crippen LogP contribution in [0.1, 0.15) is 38.2 Å². The molecule has 0 fully saturated rings. The molecule has 1 aromatic heterocycles. The predicted molar refractivity (Wildman–Crippen MR) is 69.9 cm³/mol. The Kier molecular flexibility index (Phi) is 6.84. The first kappa shape index (κ1) is 16.0. The Morgan fingerprint density at radius 1 is 1.32 bits per heavy atom. The summed E-state index contributed by atoms with van der Waals surface area (Å²) in [6, 6.07) is 4.01. The van der Waals surface area contributed by atoms with E-state index in [1.54, 1.807) is 12.4 Å². The fraction of sp³-hybridized carbons (Fsp3) is 0.643. The number of aromatic nitrogens is 1.